The Bertz CT molecular complexity index is 490. The van der Waals surface area contributed by atoms with Crippen molar-refractivity contribution >= 4 is 36.4 Å². The first-order chi connectivity index (χ1) is 9.15. The van der Waals surface area contributed by atoms with Crippen LogP contribution in [-0.2, 0) is 6.42 Å². The Hall–Kier alpha value is -0.190. The molecule has 0 amide bonds. The minimum Gasteiger partial charge on any atom is -0.488 e. The van der Waals surface area contributed by atoms with Crippen LogP contribution in [0.25, 0.3) is 0 Å². The van der Waals surface area contributed by atoms with E-state index in [1.54, 1.807) is 0 Å². The minimum absolute atomic E-state index is 0. The Kier molecular flexibility index (Phi) is 7.08. The molecule has 2 aliphatic heterocycles. The molecule has 0 spiro atoms. The second kappa shape index (κ2) is 7.89. The fourth-order valence-electron chi connectivity index (χ4n) is 3.05. The molecule has 6 heteroatoms. The third-order valence-electron chi connectivity index (χ3n) is 4.17. The van der Waals surface area contributed by atoms with Crippen molar-refractivity contribution in [2.75, 3.05) is 32.7 Å². The van der Waals surface area contributed by atoms with Gasteiger partial charge in [0, 0.05) is 49.7 Å². The van der Waals surface area contributed by atoms with Gasteiger partial charge in [0.05, 0.1) is 0 Å². The van der Waals surface area contributed by atoms with Gasteiger partial charge in [0.15, 0.2) is 0 Å². The predicted molar refractivity (Wildman–Crippen MR) is 92.9 cm³/mol. The Morgan fingerprint density at radius 1 is 1.29 bits per heavy atom. The van der Waals surface area contributed by atoms with E-state index in [2.05, 4.69) is 23.2 Å². The number of ether oxygens (including phenoxy) is 1. The van der Waals surface area contributed by atoms with Gasteiger partial charge < -0.3 is 10.1 Å². The number of nitrogens with one attached hydrogen (secondary N) is 1. The Balaban J connectivity index is 0.00000110. The van der Waals surface area contributed by atoms with Gasteiger partial charge in [0.25, 0.3) is 0 Å². The number of hydrogen-bond donors (Lipinski definition) is 1. The molecule has 21 heavy (non-hydrogen) atoms. The van der Waals surface area contributed by atoms with Crippen LogP contribution in [0.2, 0.25) is 5.02 Å². The zero-order valence-corrected chi connectivity index (χ0v) is 14.8. The van der Waals surface area contributed by atoms with Gasteiger partial charge in [-0.3, -0.25) is 4.90 Å². The van der Waals surface area contributed by atoms with Gasteiger partial charge in [-0.1, -0.05) is 11.6 Å². The van der Waals surface area contributed by atoms with Crippen LogP contribution in [0.1, 0.15) is 16.7 Å². The van der Waals surface area contributed by atoms with Gasteiger partial charge in [0.2, 0.25) is 0 Å². The highest BCUT2D eigenvalue weighted by Crippen LogP contribution is 2.37. The first-order valence-electron chi connectivity index (χ1n) is 7.03. The molecule has 2 heterocycles. The third-order valence-corrected chi connectivity index (χ3v) is 4.75. The molecule has 1 unspecified atom stereocenters. The van der Waals surface area contributed by atoms with Crippen LogP contribution < -0.4 is 10.1 Å². The SMILES string of the molecule is Cc1cc2c(c(C)c1Cl)CC(CN1CCNCC1)O2.Cl.Cl. The molecule has 1 saturated heterocycles. The summed E-state index contributed by atoms with van der Waals surface area (Å²) in [6.45, 7) is 9.58. The van der Waals surface area contributed by atoms with Crippen molar-refractivity contribution in [2.45, 2.75) is 26.4 Å². The van der Waals surface area contributed by atoms with E-state index in [0.717, 1.165) is 55.5 Å². The number of hydrogen-bond acceptors (Lipinski definition) is 3. The van der Waals surface area contributed by atoms with E-state index in [1.165, 1.54) is 11.1 Å². The van der Waals surface area contributed by atoms with E-state index >= 15 is 0 Å². The highest BCUT2D eigenvalue weighted by atomic mass is 35.5. The number of halogens is 3. The smallest absolute Gasteiger partial charge is 0.123 e. The van der Waals surface area contributed by atoms with Gasteiger partial charge in [-0.05, 0) is 31.0 Å². The third kappa shape index (κ3) is 3.96. The Labute approximate surface area is 144 Å². The maximum Gasteiger partial charge on any atom is 0.123 e. The molecule has 0 bridgehead atoms. The molecule has 0 aromatic heterocycles. The van der Waals surface area contributed by atoms with Gasteiger partial charge in [-0.15, -0.1) is 24.8 Å². The van der Waals surface area contributed by atoms with Gasteiger partial charge >= 0.3 is 0 Å². The Morgan fingerprint density at radius 3 is 2.62 bits per heavy atom. The average Bonchev–Trinajstić information content (AvgIpc) is 2.80. The fourth-order valence-corrected chi connectivity index (χ4v) is 3.22. The van der Waals surface area contributed by atoms with Crippen LogP contribution in [0.3, 0.4) is 0 Å². The van der Waals surface area contributed by atoms with E-state index in [4.69, 9.17) is 16.3 Å². The van der Waals surface area contributed by atoms with E-state index in [-0.39, 0.29) is 30.9 Å². The standard InChI is InChI=1S/C15H21ClN2O.2ClH/c1-10-7-14-13(11(2)15(10)16)8-12(19-14)9-18-5-3-17-4-6-18;;/h7,12,17H,3-6,8-9H2,1-2H3;2*1H. The highest BCUT2D eigenvalue weighted by Gasteiger charge is 2.28. The molecule has 3 rings (SSSR count). The van der Waals surface area contributed by atoms with Crippen LogP contribution in [0.4, 0.5) is 0 Å². The normalized spacial score (nSPS) is 21.0. The van der Waals surface area contributed by atoms with Crippen molar-refractivity contribution < 1.29 is 4.74 Å². The van der Waals surface area contributed by atoms with Crippen LogP contribution in [0.5, 0.6) is 5.75 Å². The van der Waals surface area contributed by atoms with Gasteiger partial charge in [-0.25, -0.2) is 0 Å². The van der Waals surface area contributed by atoms with Gasteiger partial charge in [-0.2, -0.15) is 0 Å². The van der Waals surface area contributed by atoms with Crippen molar-refractivity contribution in [3.8, 4) is 5.75 Å². The van der Waals surface area contributed by atoms with Gasteiger partial charge in [0.1, 0.15) is 11.9 Å². The molecule has 1 aromatic carbocycles. The van der Waals surface area contributed by atoms with Crippen molar-refractivity contribution in [1.82, 2.24) is 10.2 Å². The van der Waals surface area contributed by atoms with Crippen LogP contribution in [-0.4, -0.2) is 43.7 Å². The van der Waals surface area contributed by atoms with Crippen LogP contribution >= 0.6 is 36.4 Å². The lowest BCUT2D eigenvalue weighted by molar-refractivity contribution is 0.139. The zero-order valence-electron chi connectivity index (χ0n) is 12.4. The lowest BCUT2D eigenvalue weighted by Crippen LogP contribution is -2.47. The minimum atomic E-state index is 0. The lowest BCUT2D eigenvalue weighted by Gasteiger charge is -2.29. The number of fused-ring (bicyclic) bond motifs is 1. The second-order valence-electron chi connectivity index (χ2n) is 5.60. The molecule has 0 saturated carbocycles. The molecule has 0 radical (unpaired) electrons. The molecular weight excluding hydrogens is 331 g/mol. The summed E-state index contributed by atoms with van der Waals surface area (Å²) in [5, 5.41) is 4.27. The summed E-state index contributed by atoms with van der Waals surface area (Å²) in [6, 6.07) is 2.09. The summed E-state index contributed by atoms with van der Waals surface area (Å²) in [5.41, 5.74) is 3.61. The molecule has 120 valence electrons. The largest absolute Gasteiger partial charge is 0.488 e. The van der Waals surface area contributed by atoms with Crippen molar-refractivity contribution in [3.63, 3.8) is 0 Å². The maximum absolute atomic E-state index is 6.33. The molecule has 2 aliphatic rings. The molecule has 0 aliphatic carbocycles. The highest BCUT2D eigenvalue weighted by molar-refractivity contribution is 6.32. The summed E-state index contributed by atoms with van der Waals surface area (Å²) >= 11 is 6.33. The second-order valence-corrected chi connectivity index (χ2v) is 5.98. The molecule has 3 nitrogen and oxygen atoms in total. The molecule has 1 atom stereocenters. The average molecular weight is 354 g/mol. The maximum atomic E-state index is 6.33. The number of aryl methyl sites for hydroxylation is 1. The molecular formula is C15H23Cl3N2O. The van der Waals surface area contributed by atoms with E-state index in [0.29, 0.717) is 0 Å². The monoisotopic (exact) mass is 352 g/mol. The number of rotatable bonds is 2. The summed E-state index contributed by atoms with van der Waals surface area (Å²) in [4.78, 5) is 2.48. The topological polar surface area (TPSA) is 24.5 Å². The van der Waals surface area contributed by atoms with Crippen molar-refractivity contribution in [2.24, 2.45) is 0 Å². The van der Waals surface area contributed by atoms with E-state index < -0.39 is 0 Å². The fraction of sp³-hybridized carbons (Fsp3) is 0.600. The summed E-state index contributed by atoms with van der Waals surface area (Å²) in [7, 11) is 0. The number of piperazine rings is 1. The predicted octanol–water partition coefficient (Wildman–Crippen LogP) is 3.01. The lowest BCUT2D eigenvalue weighted by atomic mass is 10.0. The van der Waals surface area contributed by atoms with E-state index in [1.807, 2.05) is 6.92 Å². The van der Waals surface area contributed by atoms with E-state index in [9.17, 15) is 0 Å². The van der Waals surface area contributed by atoms with Crippen LogP contribution in [0, 0.1) is 13.8 Å². The summed E-state index contributed by atoms with van der Waals surface area (Å²) in [5.74, 6) is 1.04. The van der Waals surface area contributed by atoms with Crippen molar-refractivity contribution in [1.29, 1.82) is 0 Å². The summed E-state index contributed by atoms with van der Waals surface area (Å²) in [6.07, 6.45) is 1.27. The first kappa shape index (κ1) is 18.9. The molecule has 1 fully saturated rings. The summed E-state index contributed by atoms with van der Waals surface area (Å²) < 4.78 is 6.11. The van der Waals surface area contributed by atoms with Crippen LogP contribution in [0.15, 0.2) is 6.07 Å². The van der Waals surface area contributed by atoms with Crippen molar-refractivity contribution in [3.05, 3.63) is 27.8 Å². The number of nitrogens with zero attached hydrogens (tertiary/aromatic N) is 1. The quantitative estimate of drug-likeness (QED) is 0.884. The Morgan fingerprint density at radius 2 is 1.95 bits per heavy atom. The first-order valence-corrected chi connectivity index (χ1v) is 7.41. The molecule has 1 aromatic rings. The zero-order chi connectivity index (χ0) is 13.4. The molecule has 1 N–H and O–H groups in total. The number of benzene rings is 1.